The number of carbonyl (C=O) groups excluding carboxylic acids is 2. The molecule has 2 aromatic carbocycles. The number of hydrogen-bond acceptors (Lipinski definition) is 5. The van der Waals surface area contributed by atoms with Crippen LogP contribution in [0.25, 0.3) is 0 Å². The van der Waals surface area contributed by atoms with Crippen molar-refractivity contribution in [2.45, 2.75) is 38.1 Å². The predicted molar refractivity (Wildman–Crippen MR) is 138 cm³/mol. The van der Waals surface area contributed by atoms with Gasteiger partial charge >= 0.3 is 0 Å². The molecule has 35 heavy (non-hydrogen) atoms. The van der Waals surface area contributed by atoms with E-state index in [0.29, 0.717) is 18.7 Å². The third kappa shape index (κ3) is 8.48. The van der Waals surface area contributed by atoms with Crippen LogP contribution >= 0.6 is 22.6 Å². The molecule has 3 rings (SSSR count). The average Bonchev–Trinajstić information content (AvgIpc) is 2.76. The number of rotatable bonds is 10. The Morgan fingerprint density at radius 1 is 1.20 bits per heavy atom. The van der Waals surface area contributed by atoms with Gasteiger partial charge in [0.2, 0.25) is 11.8 Å². The van der Waals surface area contributed by atoms with Crippen LogP contribution in [0.2, 0.25) is 0 Å². The van der Waals surface area contributed by atoms with Gasteiger partial charge in [-0.25, -0.2) is 8.78 Å². The van der Waals surface area contributed by atoms with Gasteiger partial charge in [0.1, 0.15) is 11.6 Å². The Labute approximate surface area is 218 Å². The number of benzene rings is 2. The van der Waals surface area contributed by atoms with Gasteiger partial charge in [0.05, 0.1) is 25.2 Å². The molecular weight excluding hydrogens is 569 g/mol. The van der Waals surface area contributed by atoms with Crippen molar-refractivity contribution in [3.8, 4) is 0 Å². The van der Waals surface area contributed by atoms with Crippen LogP contribution in [0.3, 0.4) is 0 Å². The normalized spacial score (nSPS) is 18.4. The zero-order valence-corrected chi connectivity index (χ0v) is 22.0. The van der Waals surface area contributed by atoms with Crippen molar-refractivity contribution in [2.75, 3.05) is 33.2 Å². The van der Waals surface area contributed by atoms with Gasteiger partial charge in [0.15, 0.2) is 0 Å². The summed E-state index contributed by atoms with van der Waals surface area (Å²) in [6, 6.07) is 10.3. The van der Waals surface area contributed by atoms with Crippen LogP contribution in [0.4, 0.5) is 8.78 Å². The maximum absolute atomic E-state index is 13.7. The lowest BCUT2D eigenvalue weighted by Crippen LogP contribution is -2.57. The van der Waals surface area contributed by atoms with Crippen LogP contribution < -0.4 is 10.6 Å². The van der Waals surface area contributed by atoms with E-state index in [0.717, 1.165) is 15.2 Å². The van der Waals surface area contributed by atoms with Crippen LogP contribution in [-0.2, 0) is 22.6 Å². The molecule has 2 aromatic rings. The van der Waals surface area contributed by atoms with Crippen molar-refractivity contribution in [3.63, 3.8) is 0 Å². The molecule has 1 aliphatic heterocycles. The molecule has 0 spiro atoms. The molecule has 1 heterocycles. The van der Waals surface area contributed by atoms with E-state index in [1.165, 1.54) is 12.1 Å². The van der Waals surface area contributed by atoms with Crippen LogP contribution in [0, 0.1) is 15.2 Å². The first-order valence-electron chi connectivity index (χ1n) is 11.5. The number of piperazine rings is 1. The quantitative estimate of drug-likeness (QED) is 0.363. The second-order valence-corrected chi connectivity index (χ2v) is 10.3. The first-order valence-corrected chi connectivity index (χ1v) is 12.5. The summed E-state index contributed by atoms with van der Waals surface area (Å²) < 4.78 is 28.6. The molecule has 1 fully saturated rings. The van der Waals surface area contributed by atoms with Crippen LogP contribution in [0.15, 0.2) is 42.5 Å². The number of halogens is 3. The van der Waals surface area contributed by atoms with E-state index < -0.39 is 23.8 Å². The van der Waals surface area contributed by atoms with Crippen molar-refractivity contribution < 1.29 is 23.5 Å². The molecule has 3 unspecified atom stereocenters. The third-order valence-electron chi connectivity index (χ3n) is 6.06. The number of nitrogens with zero attached hydrogens (tertiary/aromatic N) is 2. The molecule has 190 valence electrons. The van der Waals surface area contributed by atoms with Crippen molar-refractivity contribution in [1.82, 2.24) is 20.4 Å². The van der Waals surface area contributed by atoms with Gasteiger partial charge in [-0.1, -0.05) is 12.1 Å². The van der Waals surface area contributed by atoms with E-state index in [1.54, 1.807) is 16.8 Å². The van der Waals surface area contributed by atoms with Gasteiger partial charge in [0, 0.05) is 42.4 Å². The fourth-order valence-corrected chi connectivity index (χ4v) is 4.71. The average molecular weight is 600 g/mol. The number of aliphatic hydroxyl groups is 1. The minimum Gasteiger partial charge on any atom is -0.390 e. The predicted octanol–water partition coefficient (Wildman–Crippen LogP) is 1.91. The third-order valence-corrected chi connectivity index (χ3v) is 6.73. The first kappa shape index (κ1) is 27.4. The molecule has 2 amide bonds. The van der Waals surface area contributed by atoms with E-state index in [2.05, 4.69) is 33.2 Å². The van der Waals surface area contributed by atoms with Crippen molar-refractivity contribution in [1.29, 1.82) is 0 Å². The number of nitrogens with one attached hydrogen (secondary N) is 2. The molecule has 0 radical (unpaired) electrons. The molecule has 1 aliphatic rings. The summed E-state index contributed by atoms with van der Waals surface area (Å²) in [5.74, 6) is -1.88. The monoisotopic (exact) mass is 600 g/mol. The van der Waals surface area contributed by atoms with Gasteiger partial charge in [0.25, 0.3) is 0 Å². The van der Waals surface area contributed by atoms with Crippen molar-refractivity contribution in [3.05, 3.63) is 68.8 Å². The Bertz CT molecular complexity index is 1020. The molecule has 0 aromatic heterocycles. The Kier molecular flexibility index (Phi) is 9.96. The highest BCUT2D eigenvalue weighted by atomic mass is 127. The SMILES string of the molecule is CC1CN(CC(=O)NC(Cc2cc(F)cc(F)c2)C(O)CNCc2cccc(I)c2)CC(=O)N1C. The molecule has 3 N–H and O–H groups in total. The van der Waals surface area contributed by atoms with Crippen LogP contribution in [-0.4, -0.2) is 78.1 Å². The number of aliphatic hydroxyl groups excluding tert-OH is 1. The first-order chi connectivity index (χ1) is 16.6. The van der Waals surface area contributed by atoms with Crippen molar-refractivity contribution in [2.24, 2.45) is 0 Å². The number of likely N-dealkylation sites (N-methyl/N-ethyl adjacent to an activating group) is 1. The van der Waals surface area contributed by atoms with Crippen LogP contribution in [0.5, 0.6) is 0 Å². The van der Waals surface area contributed by atoms with E-state index >= 15 is 0 Å². The van der Waals surface area contributed by atoms with Gasteiger partial charge in [-0.15, -0.1) is 0 Å². The number of amides is 2. The number of hydrogen-bond donors (Lipinski definition) is 3. The second-order valence-electron chi connectivity index (χ2n) is 9.01. The summed E-state index contributed by atoms with van der Waals surface area (Å²) >= 11 is 2.22. The molecular formula is C25H31F2IN4O3. The van der Waals surface area contributed by atoms with Crippen molar-refractivity contribution >= 4 is 34.4 Å². The van der Waals surface area contributed by atoms with Gasteiger partial charge < -0.3 is 20.6 Å². The van der Waals surface area contributed by atoms with E-state index in [1.807, 2.05) is 31.2 Å². The Morgan fingerprint density at radius 2 is 1.91 bits per heavy atom. The summed E-state index contributed by atoms with van der Waals surface area (Å²) in [6.07, 6.45) is -0.967. The smallest absolute Gasteiger partial charge is 0.236 e. The number of carbonyl (C=O) groups is 2. The molecule has 3 atom stereocenters. The second kappa shape index (κ2) is 12.7. The lowest BCUT2D eigenvalue weighted by molar-refractivity contribution is -0.138. The molecule has 10 heteroatoms. The minimum absolute atomic E-state index is 0.0134. The zero-order valence-electron chi connectivity index (χ0n) is 19.8. The van der Waals surface area contributed by atoms with E-state index in [9.17, 15) is 23.5 Å². The van der Waals surface area contributed by atoms with Gasteiger partial charge in [-0.3, -0.25) is 14.5 Å². The summed E-state index contributed by atoms with van der Waals surface area (Å²) in [5.41, 5.74) is 1.37. The standard InChI is InChI=1S/C25H31F2IN4O3/c1-16-13-32(15-25(35)31(16)2)14-24(34)30-22(9-18-6-19(26)10-20(27)7-18)23(33)12-29-11-17-4-3-5-21(28)8-17/h3-8,10,16,22-23,29,33H,9,11-15H2,1-2H3,(H,30,34). The fraction of sp³-hybridized carbons (Fsp3) is 0.440. The largest absolute Gasteiger partial charge is 0.390 e. The minimum atomic E-state index is -1.01. The molecule has 1 saturated heterocycles. The lowest BCUT2D eigenvalue weighted by atomic mass is 10.0. The Hall–Kier alpha value is -2.15. The maximum Gasteiger partial charge on any atom is 0.236 e. The van der Waals surface area contributed by atoms with Gasteiger partial charge in [-0.2, -0.15) is 0 Å². The summed E-state index contributed by atoms with van der Waals surface area (Å²) in [7, 11) is 1.73. The molecule has 0 saturated carbocycles. The highest BCUT2D eigenvalue weighted by molar-refractivity contribution is 14.1. The molecule has 0 bridgehead atoms. The summed E-state index contributed by atoms with van der Waals surface area (Å²) in [6.45, 7) is 3.26. The highest BCUT2D eigenvalue weighted by Crippen LogP contribution is 2.13. The highest BCUT2D eigenvalue weighted by Gasteiger charge is 2.29. The summed E-state index contributed by atoms with van der Waals surface area (Å²) in [5, 5.41) is 16.9. The summed E-state index contributed by atoms with van der Waals surface area (Å²) in [4.78, 5) is 28.3. The molecule has 0 aliphatic carbocycles. The van der Waals surface area contributed by atoms with E-state index in [4.69, 9.17) is 0 Å². The Balaban J connectivity index is 1.64. The fourth-order valence-electron chi connectivity index (χ4n) is 4.10. The molecule has 7 nitrogen and oxygen atoms in total. The van der Waals surface area contributed by atoms with Crippen LogP contribution in [0.1, 0.15) is 18.1 Å². The Morgan fingerprint density at radius 3 is 2.57 bits per heavy atom. The maximum atomic E-state index is 13.7. The zero-order chi connectivity index (χ0) is 25.5. The topological polar surface area (TPSA) is 84.9 Å². The van der Waals surface area contributed by atoms with Gasteiger partial charge in [-0.05, 0) is 71.3 Å². The van der Waals surface area contributed by atoms with E-state index in [-0.39, 0.29) is 43.9 Å². The lowest BCUT2D eigenvalue weighted by Gasteiger charge is -2.37.